The van der Waals surface area contributed by atoms with Crippen molar-refractivity contribution in [3.05, 3.63) is 33.6 Å². The van der Waals surface area contributed by atoms with Crippen LogP contribution in [0.4, 0.5) is 5.82 Å². The van der Waals surface area contributed by atoms with Crippen LogP contribution < -0.4 is 9.64 Å². The highest BCUT2D eigenvalue weighted by molar-refractivity contribution is 6.39. The molecule has 5 nitrogen and oxygen atoms in total. The van der Waals surface area contributed by atoms with E-state index in [1.807, 2.05) is 13.0 Å². The van der Waals surface area contributed by atoms with Crippen molar-refractivity contribution in [2.24, 2.45) is 11.3 Å². The van der Waals surface area contributed by atoms with Crippen molar-refractivity contribution in [1.82, 2.24) is 9.97 Å². The number of benzene rings is 1. The molecule has 1 aliphatic carbocycles. The Labute approximate surface area is 188 Å². The normalized spacial score (nSPS) is 20.7. The summed E-state index contributed by atoms with van der Waals surface area (Å²) >= 11 is 12.7. The third kappa shape index (κ3) is 3.65. The molecular formula is C23H29Cl2N3O2. The molecule has 1 spiro atoms. The summed E-state index contributed by atoms with van der Waals surface area (Å²) < 4.78 is 5.34. The number of piperidine rings is 1. The lowest BCUT2D eigenvalue weighted by molar-refractivity contribution is 0.161. The maximum absolute atomic E-state index is 10.1. The second-order valence-electron chi connectivity index (χ2n) is 8.67. The van der Waals surface area contributed by atoms with Gasteiger partial charge in [-0.15, -0.1) is 0 Å². The van der Waals surface area contributed by atoms with E-state index in [2.05, 4.69) is 11.8 Å². The monoisotopic (exact) mass is 449 g/mol. The predicted octanol–water partition coefficient (Wildman–Crippen LogP) is 5.67. The Kier molecular flexibility index (Phi) is 6.16. The van der Waals surface area contributed by atoms with Crippen LogP contribution in [0.1, 0.15) is 50.4 Å². The molecule has 2 fully saturated rings. The van der Waals surface area contributed by atoms with Crippen LogP contribution in [0.25, 0.3) is 11.3 Å². The van der Waals surface area contributed by atoms with Gasteiger partial charge < -0.3 is 14.7 Å². The van der Waals surface area contributed by atoms with Crippen LogP contribution in [0.2, 0.25) is 10.0 Å². The van der Waals surface area contributed by atoms with Crippen LogP contribution in [-0.2, 0) is 6.61 Å². The van der Waals surface area contributed by atoms with E-state index in [1.165, 1.54) is 39.2 Å². The fourth-order valence-corrected chi connectivity index (χ4v) is 5.89. The summed E-state index contributed by atoms with van der Waals surface area (Å²) in [6, 6.07) is 3.55. The summed E-state index contributed by atoms with van der Waals surface area (Å²) in [6.45, 7) is 6.08. The molecule has 1 saturated heterocycles. The molecule has 7 heteroatoms. The predicted molar refractivity (Wildman–Crippen MR) is 122 cm³/mol. The number of aliphatic hydroxyl groups is 1. The van der Waals surface area contributed by atoms with Crippen LogP contribution in [0.15, 0.2) is 12.1 Å². The van der Waals surface area contributed by atoms with E-state index in [4.69, 9.17) is 37.9 Å². The lowest BCUT2D eigenvalue weighted by Crippen LogP contribution is -2.42. The van der Waals surface area contributed by atoms with Crippen LogP contribution in [-0.4, -0.2) is 35.3 Å². The Bertz CT molecular complexity index is 943. The van der Waals surface area contributed by atoms with Gasteiger partial charge >= 0.3 is 0 Å². The number of rotatable bonds is 4. The number of aryl methyl sites for hydroxylation is 1. The number of halogens is 2. The van der Waals surface area contributed by atoms with Gasteiger partial charge in [-0.05, 0) is 49.7 Å². The van der Waals surface area contributed by atoms with Crippen molar-refractivity contribution in [2.75, 3.05) is 25.1 Å². The van der Waals surface area contributed by atoms with Crippen molar-refractivity contribution >= 4 is 29.0 Å². The number of hydrogen-bond acceptors (Lipinski definition) is 5. The molecule has 162 valence electrons. The summed E-state index contributed by atoms with van der Waals surface area (Å²) in [5.41, 5.74) is 3.17. The fourth-order valence-electron chi connectivity index (χ4n) is 5.28. The average Bonchev–Trinajstić information content (AvgIpc) is 3.09. The summed E-state index contributed by atoms with van der Waals surface area (Å²) in [5, 5.41) is 10.9. The molecule has 0 bridgehead atoms. The first-order valence-corrected chi connectivity index (χ1v) is 11.4. The first-order chi connectivity index (χ1) is 14.4. The Morgan fingerprint density at radius 2 is 1.93 bits per heavy atom. The molecule has 30 heavy (non-hydrogen) atoms. The average molecular weight is 450 g/mol. The van der Waals surface area contributed by atoms with Gasteiger partial charge in [0.1, 0.15) is 5.69 Å². The van der Waals surface area contributed by atoms with Gasteiger partial charge in [0, 0.05) is 18.7 Å². The van der Waals surface area contributed by atoms with Crippen LogP contribution >= 0.6 is 23.2 Å². The molecular weight excluding hydrogens is 421 g/mol. The minimum Gasteiger partial charge on any atom is -0.494 e. The van der Waals surface area contributed by atoms with Crippen LogP contribution in [0, 0.1) is 18.3 Å². The van der Waals surface area contributed by atoms with E-state index in [9.17, 15) is 5.11 Å². The van der Waals surface area contributed by atoms with Gasteiger partial charge in [-0.25, -0.2) is 9.97 Å². The summed E-state index contributed by atoms with van der Waals surface area (Å²) in [6.07, 6.45) is 6.40. The Hall–Kier alpha value is -1.56. The summed E-state index contributed by atoms with van der Waals surface area (Å²) in [5.74, 6) is 2.00. The molecule has 2 heterocycles. The smallest absolute Gasteiger partial charge is 0.156 e. The van der Waals surface area contributed by atoms with E-state index in [0.717, 1.165) is 30.5 Å². The van der Waals surface area contributed by atoms with Crippen LogP contribution in [0.3, 0.4) is 0 Å². The van der Waals surface area contributed by atoms with Gasteiger partial charge in [-0.2, -0.15) is 0 Å². The largest absolute Gasteiger partial charge is 0.494 e. The van der Waals surface area contributed by atoms with Crippen molar-refractivity contribution in [3.8, 4) is 17.0 Å². The standard InChI is InChI=1S/C23H29Cl2N3O2/c1-14-5-4-8-23(14)9-11-28(12-10-23)22-18(13-29)27-20(15(2)26-22)16-6-7-17(24)21(30-3)19(16)25/h6-7,14,29H,4-5,8-13H2,1-3H3/t14-/m1/s1. The van der Waals surface area contributed by atoms with Gasteiger partial charge in [-0.3, -0.25) is 0 Å². The molecule has 1 aromatic carbocycles. The lowest BCUT2D eigenvalue weighted by atomic mass is 9.71. The highest BCUT2D eigenvalue weighted by atomic mass is 35.5. The zero-order valence-corrected chi connectivity index (χ0v) is 19.4. The second-order valence-corrected chi connectivity index (χ2v) is 9.46. The number of ether oxygens (including phenoxy) is 1. The topological polar surface area (TPSA) is 58.5 Å². The first-order valence-electron chi connectivity index (χ1n) is 10.7. The minimum absolute atomic E-state index is 0.171. The van der Waals surface area contributed by atoms with Crippen molar-refractivity contribution in [2.45, 2.75) is 52.6 Å². The number of aliphatic hydroxyl groups excluding tert-OH is 1. The Morgan fingerprint density at radius 3 is 2.53 bits per heavy atom. The highest BCUT2D eigenvalue weighted by Crippen LogP contribution is 2.50. The minimum atomic E-state index is -0.171. The Morgan fingerprint density at radius 1 is 1.20 bits per heavy atom. The number of methoxy groups -OCH3 is 1. The SMILES string of the molecule is COc1c(Cl)ccc(-c2nc(CO)c(N3CCC4(CCC[C@H]4C)CC3)nc2C)c1Cl. The lowest BCUT2D eigenvalue weighted by Gasteiger charge is -2.43. The van der Waals surface area contributed by atoms with Gasteiger partial charge in [0.15, 0.2) is 11.6 Å². The number of nitrogens with zero attached hydrogens (tertiary/aromatic N) is 3. The third-order valence-corrected chi connectivity index (χ3v) is 7.87. The van der Waals surface area contributed by atoms with E-state index in [1.54, 1.807) is 6.07 Å². The fraction of sp³-hybridized carbons (Fsp3) is 0.565. The van der Waals surface area contributed by atoms with E-state index in [0.29, 0.717) is 38.2 Å². The Balaban J connectivity index is 1.66. The second kappa shape index (κ2) is 8.52. The molecule has 1 aromatic heterocycles. The van der Waals surface area contributed by atoms with Crippen molar-refractivity contribution in [3.63, 3.8) is 0 Å². The number of aromatic nitrogens is 2. The van der Waals surface area contributed by atoms with Gasteiger partial charge in [0.05, 0.1) is 35.1 Å². The first kappa shape index (κ1) is 21.7. The highest BCUT2D eigenvalue weighted by Gasteiger charge is 2.42. The molecule has 2 aromatic rings. The van der Waals surface area contributed by atoms with Crippen LogP contribution in [0.5, 0.6) is 5.75 Å². The van der Waals surface area contributed by atoms with E-state index >= 15 is 0 Å². The summed E-state index contributed by atoms with van der Waals surface area (Å²) in [4.78, 5) is 11.9. The van der Waals surface area contributed by atoms with E-state index in [-0.39, 0.29) is 6.61 Å². The quantitative estimate of drug-likeness (QED) is 0.651. The molecule has 1 atom stereocenters. The van der Waals surface area contributed by atoms with Gasteiger partial charge in [-0.1, -0.05) is 43.0 Å². The zero-order valence-electron chi connectivity index (χ0n) is 17.8. The summed E-state index contributed by atoms with van der Waals surface area (Å²) in [7, 11) is 1.53. The van der Waals surface area contributed by atoms with Gasteiger partial charge in [0.25, 0.3) is 0 Å². The van der Waals surface area contributed by atoms with Crippen molar-refractivity contribution in [1.29, 1.82) is 0 Å². The van der Waals surface area contributed by atoms with Gasteiger partial charge in [0.2, 0.25) is 0 Å². The van der Waals surface area contributed by atoms with Crippen molar-refractivity contribution < 1.29 is 9.84 Å². The number of anilines is 1. The maximum Gasteiger partial charge on any atom is 0.156 e. The third-order valence-electron chi connectivity index (χ3n) is 7.20. The number of hydrogen-bond donors (Lipinski definition) is 1. The molecule has 1 N–H and O–H groups in total. The molecule has 1 saturated carbocycles. The molecule has 0 unspecified atom stereocenters. The molecule has 0 radical (unpaired) electrons. The maximum atomic E-state index is 10.1. The molecule has 4 rings (SSSR count). The molecule has 1 aliphatic heterocycles. The zero-order chi connectivity index (χ0) is 21.5. The molecule has 2 aliphatic rings. The molecule has 0 amide bonds. The van der Waals surface area contributed by atoms with E-state index < -0.39 is 0 Å².